The largest absolute Gasteiger partial charge is 0.366 e. The van der Waals surface area contributed by atoms with E-state index in [1.165, 1.54) is 36.0 Å². The number of benzene rings is 1. The second-order valence-electron chi connectivity index (χ2n) is 6.12. The Labute approximate surface area is 131 Å². The van der Waals surface area contributed by atoms with E-state index < -0.39 is 0 Å². The summed E-state index contributed by atoms with van der Waals surface area (Å²) in [5.41, 5.74) is 9.90. The van der Waals surface area contributed by atoms with Crippen molar-refractivity contribution in [2.45, 2.75) is 44.4 Å². The van der Waals surface area contributed by atoms with E-state index in [0.29, 0.717) is 11.5 Å². The van der Waals surface area contributed by atoms with Gasteiger partial charge in [-0.2, -0.15) is 0 Å². The van der Waals surface area contributed by atoms with Gasteiger partial charge in [-0.3, -0.25) is 9.78 Å². The number of carbonyl (C=O) groups excluding carboxylic acids is 1. The maximum absolute atomic E-state index is 11.9. The average Bonchev–Trinajstić information content (AvgIpc) is 2.56. The van der Waals surface area contributed by atoms with Gasteiger partial charge in [-0.15, -0.1) is 0 Å². The number of pyridine rings is 1. The Kier molecular flexibility index (Phi) is 4.52. The van der Waals surface area contributed by atoms with Gasteiger partial charge in [0.05, 0.1) is 0 Å². The third-order valence-corrected chi connectivity index (χ3v) is 4.59. The van der Waals surface area contributed by atoms with Crippen LogP contribution in [-0.4, -0.2) is 10.9 Å². The van der Waals surface area contributed by atoms with Gasteiger partial charge in [0.15, 0.2) is 0 Å². The van der Waals surface area contributed by atoms with E-state index in [-0.39, 0.29) is 5.91 Å². The van der Waals surface area contributed by atoms with Gasteiger partial charge in [0.1, 0.15) is 0 Å². The molecule has 2 N–H and O–H groups in total. The molecule has 3 rings (SSSR count). The highest BCUT2D eigenvalue weighted by Gasteiger charge is 2.23. The molecule has 0 saturated heterocycles. The minimum Gasteiger partial charge on any atom is -0.366 e. The molecule has 1 aromatic heterocycles. The molecule has 0 aliphatic heterocycles. The molecule has 3 nitrogen and oxygen atoms in total. The van der Waals surface area contributed by atoms with Crippen molar-refractivity contribution in [3.8, 4) is 0 Å². The second-order valence-corrected chi connectivity index (χ2v) is 6.12. The molecule has 1 fully saturated rings. The number of hydrogen-bond acceptors (Lipinski definition) is 2. The van der Waals surface area contributed by atoms with Crippen LogP contribution in [0.2, 0.25) is 0 Å². The minimum atomic E-state index is -0.311. The highest BCUT2D eigenvalue weighted by atomic mass is 16.1. The van der Waals surface area contributed by atoms with Gasteiger partial charge in [-0.1, -0.05) is 37.5 Å². The first kappa shape index (κ1) is 14.8. The summed E-state index contributed by atoms with van der Waals surface area (Å²) >= 11 is 0. The Bertz CT molecular complexity index is 646. The molecule has 1 saturated carbocycles. The number of hydrogen-bond donors (Lipinski definition) is 1. The summed E-state index contributed by atoms with van der Waals surface area (Å²) in [7, 11) is 0. The second kappa shape index (κ2) is 6.73. The fourth-order valence-electron chi connectivity index (χ4n) is 3.58. The normalized spacial score (nSPS) is 15.6. The molecule has 22 heavy (non-hydrogen) atoms. The number of nitrogens with zero attached hydrogens (tertiary/aromatic N) is 1. The van der Waals surface area contributed by atoms with E-state index in [1.807, 2.05) is 24.4 Å². The molecule has 0 radical (unpaired) electrons. The van der Waals surface area contributed by atoms with Gasteiger partial charge in [0.2, 0.25) is 5.91 Å². The topological polar surface area (TPSA) is 56.0 Å². The van der Waals surface area contributed by atoms with Gasteiger partial charge in [0.25, 0.3) is 0 Å². The lowest BCUT2D eigenvalue weighted by atomic mass is 9.79. The van der Waals surface area contributed by atoms with Crippen molar-refractivity contribution in [1.82, 2.24) is 4.98 Å². The number of rotatable bonds is 4. The fourth-order valence-corrected chi connectivity index (χ4v) is 3.58. The van der Waals surface area contributed by atoms with Gasteiger partial charge >= 0.3 is 0 Å². The van der Waals surface area contributed by atoms with E-state index in [1.54, 1.807) is 6.20 Å². The van der Waals surface area contributed by atoms with Crippen LogP contribution in [0.3, 0.4) is 0 Å². The van der Waals surface area contributed by atoms with Crippen molar-refractivity contribution in [2.24, 2.45) is 5.73 Å². The molecule has 2 aromatic rings. The lowest BCUT2D eigenvalue weighted by molar-refractivity contribution is 0.0998. The smallest absolute Gasteiger partial charge is 0.248 e. The summed E-state index contributed by atoms with van der Waals surface area (Å²) in [5.74, 6) is 0.151. The first-order chi connectivity index (χ1) is 10.8. The minimum absolute atomic E-state index is 0.311. The van der Waals surface area contributed by atoms with E-state index in [0.717, 1.165) is 19.3 Å². The summed E-state index contributed by atoms with van der Waals surface area (Å²) in [4.78, 5) is 16.1. The fraction of sp³-hybridized carbons (Fsp3) is 0.368. The quantitative estimate of drug-likeness (QED) is 0.932. The average molecular weight is 294 g/mol. The Morgan fingerprint density at radius 2 is 1.95 bits per heavy atom. The summed E-state index contributed by atoms with van der Waals surface area (Å²) < 4.78 is 0. The molecule has 0 atom stereocenters. The van der Waals surface area contributed by atoms with E-state index in [4.69, 9.17) is 5.73 Å². The zero-order valence-electron chi connectivity index (χ0n) is 12.8. The Morgan fingerprint density at radius 1 is 1.14 bits per heavy atom. The molecule has 0 unspecified atom stereocenters. The van der Waals surface area contributed by atoms with Crippen molar-refractivity contribution in [1.29, 1.82) is 0 Å². The molecule has 1 aliphatic carbocycles. The summed E-state index contributed by atoms with van der Waals surface area (Å²) in [6.07, 6.45) is 10.6. The van der Waals surface area contributed by atoms with E-state index in [2.05, 4.69) is 17.1 Å². The monoisotopic (exact) mass is 294 g/mol. The number of nitrogens with two attached hydrogens (primary N) is 1. The maximum Gasteiger partial charge on any atom is 0.248 e. The van der Waals surface area contributed by atoms with Crippen molar-refractivity contribution < 1.29 is 4.79 Å². The highest BCUT2D eigenvalue weighted by Crippen LogP contribution is 2.37. The molecule has 1 heterocycles. The SMILES string of the molecule is NC(=O)c1cccc(Cc2cccnc2)c1C1CCCCC1. The molecule has 1 aromatic carbocycles. The molecule has 1 amide bonds. The number of carbonyl (C=O) groups is 1. The molecule has 0 bridgehead atoms. The van der Waals surface area contributed by atoms with Crippen LogP contribution >= 0.6 is 0 Å². The molecule has 0 spiro atoms. The highest BCUT2D eigenvalue weighted by molar-refractivity contribution is 5.95. The number of primary amides is 1. The van der Waals surface area contributed by atoms with Crippen LogP contribution in [0.4, 0.5) is 0 Å². The van der Waals surface area contributed by atoms with Crippen LogP contribution in [0.1, 0.15) is 65.1 Å². The molecule has 1 aliphatic rings. The van der Waals surface area contributed by atoms with Crippen LogP contribution in [0.15, 0.2) is 42.7 Å². The number of amides is 1. The maximum atomic E-state index is 11.9. The lowest BCUT2D eigenvalue weighted by Gasteiger charge is -2.26. The summed E-state index contributed by atoms with van der Waals surface area (Å²) in [5, 5.41) is 0. The Balaban J connectivity index is 2.00. The van der Waals surface area contributed by atoms with E-state index >= 15 is 0 Å². The zero-order valence-corrected chi connectivity index (χ0v) is 12.8. The Morgan fingerprint density at radius 3 is 2.64 bits per heavy atom. The first-order valence-corrected chi connectivity index (χ1v) is 8.06. The third-order valence-electron chi connectivity index (χ3n) is 4.59. The lowest BCUT2D eigenvalue weighted by Crippen LogP contribution is -2.18. The van der Waals surface area contributed by atoms with Gasteiger partial charge in [-0.25, -0.2) is 0 Å². The Hall–Kier alpha value is -2.16. The van der Waals surface area contributed by atoms with E-state index in [9.17, 15) is 4.79 Å². The summed E-state index contributed by atoms with van der Waals surface area (Å²) in [6, 6.07) is 9.97. The van der Waals surface area contributed by atoms with Crippen LogP contribution < -0.4 is 5.73 Å². The van der Waals surface area contributed by atoms with Crippen LogP contribution in [0, 0.1) is 0 Å². The van der Waals surface area contributed by atoms with Gasteiger partial charge in [-0.05, 0) is 54.0 Å². The van der Waals surface area contributed by atoms with Crippen LogP contribution in [0.25, 0.3) is 0 Å². The van der Waals surface area contributed by atoms with Crippen LogP contribution in [-0.2, 0) is 6.42 Å². The first-order valence-electron chi connectivity index (χ1n) is 8.06. The van der Waals surface area contributed by atoms with Crippen molar-refractivity contribution >= 4 is 5.91 Å². The van der Waals surface area contributed by atoms with Crippen molar-refractivity contribution in [2.75, 3.05) is 0 Å². The number of aromatic nitrogens is 1. The molecular weight excluding hydrogens is 272 g/mol. The van der Waals surface area contributed by atoms with Gasteiger partial charge < -0.3 is 5.73 Å². The third kappa shape index (κ3) is 3.19. The standard InChI is InChI=1S/C19H22N2O/c20-19(22)17-10-4-9-16(12-14-6-5-11-21-13-14)18(17)15-7-2-1-3-8-15/h4-6,9-11,13,15H,1-3,7-8,12H2,(H2,20,22). The van der Waals surface area contributed by atoms with Gasteiger partial charge in [0, 0.05) is 18.0 Å². The predicted molar refractivity (Wildman–Crippen MR) is 87.8 cm³/mol. The molecule has 3 heteroatoms. The zero-order chi connectivity index (χ0) is 15.4. The van der Waals surface area contributed by atoms with Crippen LogP contribution in [0.5, 0.6) is 0 Å². The molecular formula is C19H22N2O. The predicted octanol–water partition coefficient (Wildman–Crippen LogP) is 3.82. The molecule has 114 valence electrons. The summed E-state index contributed by atoms with van der Waals surface area (Å²) in [6.45, 7) is 0. The van der Waals surface area contributed by atoms with Crippen molar-refractivity contribution in [3.63, 3.8) is 0 Å². The van der Waals surface area contributed by atoms with Crippen molar-refractivity contribution in [3.05, 3.63) is 65.0 Å².